The predicted octanol–water partition coefficient (Wildman–Crippen LogP) is 3.49. The fourth-order valence-electron chi connectivity index (χ4n) is 3.73. The molecule has 0 aliphatic carbocycles. The van der Waals surface area contributed by atoms with E-state index in [1.165, 1.54) is 0 Å². The molecule has 1 N–H and O–H groups in total. The summed E-state index contributed by atoms with van der Waals surface area (Å²) in [5.74, 6) is 0.680. The second-order valence-electron chi connectivity index (χ2n) is 7.09. The number of benzene rings is 1. The van der Waals surface area contributed by atoms with E-state index in [9.17, 15) is 4.79 Å². The topological polar surface area (TPSA) is 65.4 Å². The standard InChI is InChI=1S/C20H27N3O2/c21-15-17-6-10-23(11-7-17)20(24)22-19(18-4-2-1-3-5-18)14-16-8-12-25-13-9-16/h1-5,16-17,19H,6-14H2,(H,22,24). The van der Waals surface area contributed by atoms with Crippen molar-refractivity contribution in [1.82, 2.24) is 10.2 Å². The van der Waals surface area contributed by atoms with E-state index in [1.807, 2.05) is 23.1 Å². The van der Waals surface area contributed by atoms with Crippen LogP contribution in [-0.2, 0) is 4.74 Å². The lowest BCUT2D eigenvalue weighted by Crippen LogP contribution is -2.45. The lowest BCUT2D eigenvalue weighted by atomic mass is 9.89. The van der Waals surface area contributed by atoms with Gasteiger partial charge in [0.25, 0.3) is 0 Å². The Morgan fingerprint density at radius 2 is 1.88 bits per heavy atom. The Morgan fingerprint density at radius 3 is 2.52 bits per heavy atom. The largest absolute Gasteiger partial charge is 0.381 e. The number of rotatable bonds is 4. The van der Waals surface area contributed by atoms with Crippen LogP contribution in [-0.4, -0.2) is 37.2 Å². The third-order valence-corrected chi connectivity index (χ3v) is 5.37. The van der Waals surface area contributed by atoms with Gasteiger partial charge in [-0.05, 0) is 43.6 Å². The highest BCUT2D eigenvalue weighted by Gasteiger charge is 2.26. The van der Waals surface area contributed by atoms with Crippen molar-refractivity contribution >= 4 is 6.03 Å². The molecule has 2 aliphatic rings. The van der Waals surface area contributed by atoms with Gasteiger partial charge in [-0.1, -0.05) is 30.3 Å². The van der Waals surface area contributed by atoms with Crippen LogP contribution in [0.15, 0.2) is 30.3 Å². The number of carbonyl (C=O) groups is 1. The lowest BCUT2D eigenvalue weighted by Gasteiger charge is -2.33. The molecule has 0 spiro atoms. The number of likely N-dealkylation sites (tertiary alicyclic amines) is 1. The first-order valence-corrected chi connectivity index (χ1v) is 9.34. The maximum Gasteiger partial charge on any atom is 0.317 e. The minimum absolute atomic E-state index is 0.00250. The molecule has 2 aliphatic heterocycles. The number of amides is 2. The van der Waals surface area contributed by atoms with Crippen molar-refractivity contribution in [3.05, 3.63) is 35.9 Å². The molecule has 134 valence electrons. The van der Waals surface area contributed by atoms with Crippen molar-refractivity contribution in [2.75, 3.05) is 26.3 Å². The average molecular weight is 341 g/mol. The van der Waals surface area contributed by atoms with Gasteiger partial charge in [0.2, 0.25) is 0 Å². The molecule has 2 heterocycles. The summed E-state index contributed by atoms with van der Waals surface area (Å²) in [5.41, 5.74) is 1.16. The molecule has 3 rings (SSSR count). The molecule has 1 aromatic rings. The maximum absolute atomic E-state index is 12.7. The van der Waals surface area contributed by atoms with Crippen LogP contribution in [0.1, 0.15) is 43.7 Å². The smallest absolute Gasteiger partial charge is 0.317 e. The van der Waals surface area contributed by atoms with Crippen LogP contribution in [0.5, 0.6) is 0 Å². The molecule has 25 heavy (non-hydrogen) atoms. The van der Waals surface area contributed by atoms with Gasteiger partial charge in [0.15, 0.2) is 0 Å². The highest BCUT2D eigenvalue weighted by molar-refractivity contribution is 5.74. The van der Waals surface area contributed by atoms with Crippen LogP contribution < -0.4 is 5.32 Å². The number of nitrogens with one attached hydrogen (secondary N) is 1. The molecular weight excluding hydrogens is 314 g/mol. The second-order valence-corrected chi connectivity index (χ2v) is 7.09. The van der Waals surface area contributed by atoms with Crippen molar-refractivity contribution in [3.63, 3.8) is 0 Å². The Bertz CT molecular complexity index is 585. The quantitative estimate of drug-likeness (QED) is 0.911. The molecule has 0 radical (unpaired) electrons. The number of nitrogens with zero attached hydrogens (tertiary/aromatic N) is 2. The van der Waals surface area contributed by atoms with Gasteiger partial charge < -0.3 is 15.0 Å². The van der Waals surface area contributed by atoms with Gasteiger partial charge in [-0.15, -0.1) is 0 Å². The molecule has 0 saturated carbocycles. The zero-order valence-corrected chi connectivity index (χ0v) is 14.7. The fourth-order valence-corrected chi connectivity index (χ4v) is 3.73. The van der Waals surface area contributed by atoms with Gasteiger partial charge in [-0.3, -0.25) is 0 Å². The van der Waals surface area contributed by atoms with Gasteiger partial charge >= 0.3 is 6.03 Å². The van der Waals surface area contributed by atoms with Gasteiger partial charge in [0.05, 0.1) is 12.1 Å². The Hall–Kier alpha value is -2.06. The summed E-state index contributed by atoms with van der Waals surface area (Å²) >= 11 is 0. The summed E-state index contributed by atoms with van der Waals surface area (Å²) in [6.07, 6.45) is 4.63. The Morgan fingerprint density at radius 1 is 1.20 bits per heavy atom. The molecule has 5 nitrogen and oxygen atoms in total. The minimum atomic E-state index is -0.00250. The first-order valence-electron chi connectivity index (χ1n) is 9.34. The molecule has 0 aromatic heterocycles. The second kappa shape index (κ2) is 8.87. The third kappa shape index (κ3) is 4.96. The molecular formula is C20H27N3O2. The summed E-state index contributed by atoms with van der Waals surface area (Å²) in [7, 11) is 0. The summed E-state index contributed by atoms with van der Waals surface area (Å²) in [5, 5.41) is 12.3. The van der Waals surface area contributed by atoms with Crippen LogP contribution in [0.25, 0.3) is 0 Å². The fraction of sp³-hybridized carbons (Fsp3) is 0.600. The first kappa shape index (κ1) is 17.8. The highest BCUT2D eigenvalue weighted by Crippen LogP contribution is 2.28. The zero-order valence-electron chi connectivity index (χ0n) is 14.7. The molecule has 5 heteroatoms. The number of hydrogen-bond acceptors (Lipinski definition) is 3. The molecule has 1 unspecified atom stereocenters. The SMILES string of the molecule is N#CC1CCN(C(=O)NC(CC2CCOCC2)c2ccccc2)CC1. The molecule has 1 atom stereocenters. The van der Waals surface area contributed by atoms with Crippen LogP contribution >= 0.6 is 0 Å². The van der Waals surface area contributed by atoms with Crippen molar-refractivity contribution in [3.8, 4) is 6.07 Å². The summed E-state index contributed by atoms with van der Waals surface area (Å²) in [6.45, 7) is 2.98. The van der Waals surface area contributed by atoms with E-state index in [0.717, 1.165) is 50.9 Å². The molecule has 2 amide bonds. The normalized spacial score (nSPS) is 20.7. The third-order valence-electron chi connectivity index (χ3n) is 5.37. The summed E-state index contributed by atoms with van der Waals surface area (Å²) in [4.78, 5) is 14.6. The number of hydrogen-bond donors (Lipinski definition) is 1. The zero-order chi connectivity index (χ0) is 17.5. The van der Waals surface area contributed by atoms with Crippen LogP contribution in [0, 0.1) is 23.2 Å². The van der Waals surface area contributed by atoms with Crippen LogP contribution in [0.3, 0.4) is 0 Å². The maximum atomic E-state index is 12.7. The van der Waals surface area contributed by atoms with Gasteiger partial charge in [0.1, 0.15) is 0 Å². The van der Waals surface area contributed by atoms with Crippen molar-refractivity contribution < 1.29 is 9.53 Å². The minimum Gasteiger partial charge on any atom is -0.381 e. The number of carbonyl (C=O) groups excluding carboxylic acids is 1. The van der Waals surface area contributed by atoms with Crippen LogP contribution in [0.2, 0.25) is 0 Å². The highest BCUT2D eigenvalue weighted by atomic mass is 16.5. The van der Waals surface area contributed by atoms with Crippen molar-refractivity contribution in [2.24, 2.45) is 11.8 Å². The Kier molecular flexibility index (Phi) is 6.30. The van der Waals surface area contributed by atoms with E-state index in [-0.39, 0.29) is 18.0 Å². The summed E-state index contributed by atoms with van der Waals surface area (Å²) in [6, 6.07) is 12.6. The molecule has 2 saturated heterocycles. The van der Waals surface area contributed by atoms with E-state index >= 15 is 0 Å². The number of piperidine rings is 1. The molecule has 0 bridgehead atoms. The monoisotopic (exact) mass is 341 g/mol. The van der Waals surface area contributed by atoms with E-state index < -0.39 is 0 Å². The Labute approximate surface area is 150 Å². The van der Waals surface area contributed by atoms with Gasteiger partial charge in [-0.2, -0.15) is 5.26 Å². The van der Waals surface area contributed by atoms with Crippen LogP contribution in [0.4, 0.5) is 4.79 Å². The number of ether oxygens (including phenoxy) is 1. The molecule has 1 aromatic carbocycles. The van der Waals surface area contributed by atoms with Gasteiger partial charge in [0, 0.05) is 32.2 Å². The first-order chi connectivity index (χ1) is 12.3. The number of urea groups is 1. The van der Waals surface area contributed by atoms with Gasteiger partial charge in [-0.25, -0.2) is 4.79 Å². The summed E-state index contributed by atoms with van der Waals surface area (Å²) < 4.78 is 5.46. The number of nitriles is 1. The lowest BCUT2D eigenvalue weighted by molar-refractivity contribution is 0.0605. The van der Waals surface area contributed by atoms with E-state index in [4.69, 9.17) is 10.00 Å². The Balaban J connectivity index is 1.63. The van der Waals surface area contributed by atoms with E-state index in [0.29, 0.717) is 19.0 Å². The molecule has 2 fully saturated rings. The predicted molar refractivity (Wildman–Crippen MR) is 95.8 cm³/mol. The van der Waals surface area contributed by atoms with Crippen molar-refractivity contribution in [2.45, 2.75) is 38.1 Å². The van der Waals surface area contributed by atoms with E-state index in [1.54, 1.807) is 0 Å². The van der Waals surface area contributed by atoms with Crippen molar-refractivity contribution in [1.29, 1.82) is 5.26 Å². The van der Waals surface area contributed by atoms with E-state index in [2.05, 4.69) is 23.5 Å². The average Bonchev–Trinajstić information content (AvgIpc) is 2.69.